The number of allylic oxidation sites excluding steroid dienone is 4. The Hall–Kier alpha value is -1.46. The molecule has 0 aromatic carbocycles. The van der Waals surface area contributed by atoms with Gasteiger partial charge in [-0.25, -0.2) is 0 Å². The molecule has 0 aromatic heterocycles. The number of aliphatic hydroxyl groups excluding tert-OH is 1. The molecule has 4 atom stereocenters. The fraction of sp³-hybridized carbons (Fsp3) is 0.739. The average Bonchev–Trinajstić information content (AvgIpc) is 3.00. The van der Waals surface area contributed by atoms with Crippen molar-refractivity contribution < 1.29 is 24.5 Å². The molecule has 0 radical (unpaired) electrons. The lowest BCUT2D eigenvalue weighted by molar-refractivity contribution is -0.170. The number of carboxylic acids is 1. The monoisotopic (exact) mass is 394 g/mol. The third-order valence-corrected chi connectivity index (χ3v) is 5.47. The van der Waals surface area contributed by atoms with Crippen molar-refractivity contribution >= 4 is 11.8 Å². The third-order valence-electron chi connectivity index (χ3n) is 5.47. The minimum atomic E-state index is -1.25. The van der Waals surface area contributed by atoms with E-state index in [1.807, 2.05) is 0 Å². The summed E-state index contributed by atoms with van der Waals surface area (Å²) >= 11 is 0. The number of ether oxygens (including phenoxy) is 1. The van der Waals surface area contributed by atoms with Crippen LogP contribution in [0.4, 0.5) is 0 Å². The van der Waals surface area contributed by atoms with Gasteiger partial charge in [0.1, 0.15) is 11.7 Å². The summed E-state index contributed by atoms with van der Waals surface area (Å²) in [5.41, 5.74) is 0. The molecular formula is C23H38O5. The molecule has 0 heterocycles. The molecule has 160 valence electrons. The molecule has 2 N–H and O–H groups in total. The first-order chi connectivity index (χ1) is 13.5. The number of hydrogen-bond acceptors (Lipinski definition) is 4. The maximum Gasteiger partial charge on any atom is 0.311 e. The van der Waals surface area contributed by atoms with Crippen LogP contribution in [0.1, 0.15) is 78.1 Å². The zero-order chi connectivity index (χ0) is 20.8. The van der Waals surface area contributed by atoms with Gasteiger partial charge in [-0.15, -0.1) is 0 Å². The van der Waals surface area contributed by atoms with Gasteiger partial charge in [0.05, 0.1) is 0 Å². The highest BCUT2D eigenvalue weighted by molar-refractivity contribution is 5.83. The van der Waals surface area contributed by atoms with Crippen molar-refractivity contribution in [3.8, 4) is 0 Å². The van der Waals surface area contributed by atoms with Crippen molar-refractivity contribution in [2.75, 3.05) is 6.61 Å². The van der Waals surface area contributed by atoms with Crippen molar-refractivity contribution in [3.05, 3.63) is 24.3 Å². The summed E-state index contributed by atoms with van der Waals surface area (Å²) < 4.78 is 5.02. The molecular weight excluding hydrogens is 356 g/mol. The van der Waals surface area contributed by atoms with Crippen LogP contribution in [0.2, 0.25) is 0 Å². The predicted octanol–water partition coefficient (Wildman–Crippen LogP) is 4.89. The summed E-state index contributed by atoms with van der Waals surface area (Å²) in [7, 11) is 0. The van der Waals surface area contributed by atoms with E-state index in [-0.39, 0.29) is 5.92 Å². The summed E-state index contributed by atoms with van der Waals surface area (Å²) in [5, 5.41) is 19.0. The van der Waals surface area contributed by atoms with E-state index in [1.165, 1.54) is 0 Å². The van der Waals surface area contributed by atoms with Crippen molar-refractivity contribution in [1.82, 2.24) is 0 Å². The highest BCUT2D eigenvalue weighted by Gasteiger charge is 2.32. The molecule has 1 aliphatic rings. The number of ketones is 1. The summed E-state index contributed by atoms with van der Waals surface area (Å²) in [6.45, 7) is 4.15. The minimum Gasteiger partial charge on any atom is -0.481 e. The molecule has 5 heteroatoms. The Kier molecular flexibility index (Phi) is 12.8. The van der Waals surface area contributed by atoms with E-state index in [0.29, 0.717) is 37.6 Å². The van der Waals surface area contributed by atoms with Crippen molar-refractivity contribution in [2.24, 2.45) is 17.8 Å². The highest BCUT2D eigenvalue weighted by atomic mass is 16.6. The van der Waals surface area contributed by atoms with Gasteiger partial charge in [-0.05, 0) is 51.4 Å². The number of carbonyl (C=O) groups is 2. The van der Waals surface area contributed by atoms with Crippen LogP contribution in [0.15, 0.2) is 24.3 Å². The van der Waals surface area contributed by atoms with Crippen LogP contribution in [-0.4, -0.2) is 34.9 Å². The number of unbranched alkanes of at least 4 members (excludes halogenated alkanes) is 3. The Bertz CT molecular complexity index is 511. The summed E-state index contributed by atoms with van der Waals surface area (Å²) in [5.74, 6) is -1.06. The quantitative estimate of drug-likeness (QED) is 0.235. The molecule has 0 amide bonds. The van der Waals surface area contributed by atoms with Crippen molar-refractivity contribution in [1.29, 1.82) is 0 Å². The van der Waals surface area contributed by atoms with Crippen molar-refractivity contribution in [2.45, 2.75) is 84.3 Å². The number of rotatable bonds is 15. The fourth-order valence-electron chi connectivity index (χ4n) is 3.87. The van der Waals surface area contributed by atoms with Gasteiger partial charge in [-0.1, -0.05) is 50.5 Å². The van der Waals surface area contributed by atoms with Crippen LogP contribution in [0.25, 0.3) is 0 Å². The summed E-state index contributed by atoms with van der Waals surface area (Å²) in [6, 6.07) is 0. The van der Waals surface area contributed by atoms with Crippen LogP contribution >= 0.6 is 0 Å². The van der Waals surface area contributed by atoms with Gasteiger partial charge < -0.3 is 14.9 Å². The first kappa shape index (κ1) is 24.6. The van der Waals surface area contributed by atoms with E-state index in [2.05, 4.69) is 31.2 Å². The predicted molar refractivity (Wildman–Crippen MR) is 111 cm³/mol. The normalized spacial score (nSPS) is 22.3. The van der Waals surface area contributed by atoms with Crippen LogP contribution in [0.3, 0.4) is 0 Å². The van der Waals surface area contributed by atoms with Gasteiger partial charge >= 0.3 is 5.97 Å². The Morgan fingerprint density at radius 1 is 1.18 bits per heavy atom. The minimum absolute atomic E-state index is 0.117. The maximum atomic E-state index is 12.2. The zero-order valence-corrected chi connectivity index (χ0v) is 17.5. The highest BCUT2D eigenvalue weighted by Crippen LogP contribution is 2.34. The maximum absolute atomic E-state index is 12.2. The van der Waals surface area contributed by atoms with Gasteiger partial charge in [0.25, 0.3) is 0 Å². The third kappa shape index (κ3) is 9.16. The topological polar surface area (TPSA) is 83.8 Å². The van der Waals surface area contributed by atoms with Gasteiger partial charge in [0.2, 0.25) is 0 Å². The van der Waals surface area contributed by atoms with Gasteiger partial charge in [-0.3, -0.25) is 9.59 Å². The smallest absolute Gasteiger partial charge is 0.311 e. The van der Waals surface area contributed by atoms with E-state index >= 15 is 0 Å². The second kappa shape index (κ2) is 14.5. The second-order valence-electron chi connectivity index (χ2n) is 7.59. The lowest BCUT2D eigenvalue weighted by Gasteiger charge is -2.19. The standard InChI is InChI=1S/C23H38O5/c1-3-5-6-7-8-10-13-18-16-17-21(24)19(18)14-11-9-12-15-20(22(25)26)23(27)28-4-2/h5-6,10,13,18-20,23,27H,3-4,7-9,11-12,14-17H2,1-2H3,(H,25,26)/t18-,19+,20?,23?/m0/s1. The van der Waals surface area contributed by atoms with E-state index in [0.717, 1.165) is 44.9 Å². The number of aliphatic hydroxyl groups is 1. The Balaban J connectivity index is 2.33. The molecule has 0 aromatic rings. The van der Waals surface area contributed by atoms with Crippen molar-refractivity contribution in [3.63, 3.8) is 0 Å². The molecule has 28 heavy (non-hydrogen) atoms. The van der Waals surface area contributed by atoms with Crippen LogP contribution in [0, 0.1) is 17.8 Å². The molecule has 2 unspecified atom stereocenters. The van der Waals surface area contributed by atoms with Gasteiger partial charge in [-0.2, -0.15) is 0 Å². The molecule has 0 aliphatic heterocycles. The van der Waals surface area contributed by atoms with Crippen LogP contribution in [-0.2, 0) is 14.3 Å². The number of aliphatic carboxylic acids is 1. The van der Waals surface area contributed by atoms with Gasteiger partial charge in [0, 0.05) is 18.9 Å². The van der Waals surface area contributed by atoms with E-state index in [1.54, 1.807) is 6.92 Å². The number of carbonyl (C=O) groups excluding carboxylic acids is 1. The molecule has 5 nitrogen and oxygen atoms in total. The first-order valence-electron chi connectivity index (χ1n) is 10.9. The zero-order valence-electron chi connectivity index (χ0n) is 17.5. The number of hydrogen-bond donors (Lipinski definition) is 2. The fourth-order valence-corrected chi connectivity index (χ4v) is 3.87. The molecule has 0 spiro atoms. The Morgan fingerprint density at radius 3 is 2.61 bits per heavy atom. The van der Waals surface area contributed by atoms with E-state index in [4.69, 9.17) is 4.74 Å². The molecule has 1 fully saturated rings. The van der Waals surface area contributed by atoms with Gasteiger partial charge in [0.15, 0.2) is 6.29 Å². The lowest BCUT2D eigenvalue weighted by atomic mass is 9.89. The number of carboxylic acid groups (broad SMARTS) is 1. The Labute approximate surface area is 169 Å². The summed E-state index contributed by atoms with van der Waals surface area (Å²) in [4.78, 5) is 23.5. The number of Topliss-reactive ketones (excluding diaryl/α,β-unsaturated/α-hetero) is 1. The molecule has 1 rings (SSSR count). The molecule has 0 saturated heterocycles. The largest absolute Gasteiger partial charge is 0.481 e. The molecule has 1 saturated carbocycles. The SMILES string of the molecule is CCC=CCCC=C[C@H]1CCC(=O)[C@@H]1CCCCCC(C(=O)O)C(O)OCC. The second-order valence-corrected chi connectivity index (χ2v) is 7.59. The van der Waals surface area contributed by atoms with Crippen LogP contribution in [0.5, 0.6) is 0 Å². The molecule has 1 aliphatic carbocycles. The van der Waals surface area contributed by atoms with Crippen LogP contribution < -0.4 is 0 Å². The summed E-state index contributed by atoms with van der Waals surface area (Å²) in [6.07, 6.45) is 16.1. The molecule has 0 bridgehead atoms. The van der Waals surface area contributed by atoms with E-state index < -0.39 is 18.2 Å². The van der Waals surface area contributed by atoms with E-state index in [9.17, 15) is 19.8 Å². The average molecular weight is 395 g/mol. The lowest BCUT2D eigenvalue weighted by Crippen LogP contribution is -2.30. The first-order valence-corrected chi connectivity index (χ1v) is 10.9. The Morgan fingerprint density at radius 2 is 1.93 bits per heavy atom.